The van der Waals surface area contributed by atoms with E-state index in [1.54, 1.807) is 10.7 Å². The first-order valence-corrected chi connectivity index (χ1v) is 6.24. The first-order valence-electron chi connectivity index (χ1n) is 6.24. The van der Waals surface area contributed by atoms with Crippen LogP contribution in [-0.4, -0.2) is 25.5 Å². The van der Waals surface area contributed by atoms with E-state index in [2.05, 4.69) is 20.4 Å². The molecule has 3 aromatic rings. The van der Waals surface area contributed by atoms with Crippen LogP contribution in [0.5, 0.6) is 0 Å². The highest BCUT2D eigenvalue weighted by atomic mass is 16.1. The Morgan fingerprint density at radius 1 is 1.25 bits per heavy atom. The molecule has 0 aliphatic heterocycles. The summed E-state index contributed by atoms with van der Waals surface area (Å²) in [7, 11) is 0. The fourth-order valence-electron chi connectivity index (χ4n) is 1.91. The van der Waals surface area contributed by atoms with E-state index >= 15 is 0 Å². The quantitative estimate of drug-likeness (QED) is 0.782. The van der Waals surface area contributed by atoms with Gasteiger partial charge in [0.2, 0.25) is 5.91 Å². The van der Waals surface area contributed by atoms with Crippen LogP contribution in [0.1, 0.15) is 11.3 Å². The van der Waals surface area contributed by atoms with E-state index in [1.165, 1.54) is 0 Å². The van der Waals surface area contributed by atoms with Crippen molar-refractivity contribution in [2.24, 2.45) is 0 Å². The summed E-state index contributed by atoms with van der Waals surface area (Å²) >= 11 is 0. The van der Waals surface area contributed by atoms with Crippen LogP contribution < -0.4 is 5.32 Å². The van der Waals surface area contributed by atoms with Crippen molar-refractivity contribution in [1.82, 2.24) is 19.6 Å². The number of hydrogen-bond acceptors (Lipinski definition) is 4. The first-order chi connectivity index (χ1) is 9.72. The van der Waals surface area contributed by atoms with Crippen molar-refractivity contribution in [1.29, 1.82) is 0 Å². The molecule has 0 bridgehead atoms. The number of aryl methyl sites for hydroxylation is 1. The van der Waals surface area contributed by atoms with Crippen LogP contribution in [0.15, 0.2) is 42.6 Å². The highest BCUT2D eigenvalue weighted by Crippen LogP contribution is 2.06. The van der Waals surface area contributed by atoms with E-state index in [-0.39, 0.29) is 11.9 Å². The molecule has 1 amide bonds. The zero-order valence-corrected chi connectivity index (χ0v) is 10.9. The molecule has 0 fully saturated rings. The van der Waals surface area contributed by atoms with Crippen LogP contribution >= 0.6 is 0 Å². The van der Waals surface area contributed by atoms with Crippen molar-refractivity contribution in [2.45, 2.75) is 13.3 Å². The van der Waals surface area contributed by atoms with Gasteiger partial charge >= 0.3 is 0 Å². The van der Waals surface area contributed by atoms with Gasteiger partial charge in [0.1, 0.15) is 0 Å². The maximum absolute atomic E-state index is 11.9. The fraction of sp³-hybridized carbons (Fsp3) is 0.143. The normalized spacial score (nSPS) is 10.7. The molecule has 3 rings (SSSR count). The molecule has 6 nitrogen and oxygen atoms in total. The monoisotopic (exact) mass is 267 g/mol. The molecule has 0 aliphatic carbocycles. The Hall–Kier alpha value is -2.76. The highest BCUT2D eigenvalue weighted by Gasteiger charge is 2.09. The Balaban J connectivity index is 1.76. The van der Waals surface area contributed by atoms with Gasteiger partial charge in [0.15, 0.2) is 0 Å². The van der Waals surface area contributed by atoms with Gasteiger partial charge in [-0.05, 0) is 18.6 Å². The largest absolute Gasteiger partial charge is 0.293 e. The van der Waals surface area contributed by atoms with Crippen molar-refractivity contribution >= 4 is 17.6 Å². The van der Waals surface area contributed by atoms with Gasteiger partial charge in [-0.15, -0.1) is 5.10 Å². The van der Waals surface area contributed by atoms with E-state index in [0.29, 0.717) is 12.2 Å². The Kier molecular flexibility index (Phi) is 3.12. The smallest absolute Gasteiger partial charge is 0.254 e. The Morgan fingerprint density at radius 3 is 2.80 bits per heavy atom. The van der Waals surface area contributed by atoms with Crippen LogP contribution in [0.3, 0.4) is 0 Å². The second-order valence-electron chi connectivity index (χ2n) is 4.44. The summed E-state index contributed by atoms with van der Waals surface area (Å²) in [5.41, 5.74) is 1.86. The second-order valence-corrected chi connectivity index (χ2v) is 4.44. The number of fused-ring (bicyclic) bond motifs is 1. The van der Waals surface area contributed by atoms with Crippen molar-refractivity contribution < 1.29 is 4.79 Å². The molecule has 0 unspecified atom stereocenters. The van der Waals surface area contributed by atoms with Crippen LogP contribution in [0.4, 0.5) is 5.95 Å². The number of carbonyl (C=O) groups is 1. The number of amides is 1. The lowest BCUT2D eigenvalue weighted by molar-refractivity contribution is -0.115. The van der Waals surface area contributed by atoms with Crippen molar-refractivity contribution in [3.05, 3.63) is 53.9 Å². The molecule has 20 heavy (non-hydrogen) atoms. The topological polar surface area (TPSA) is 72.2 Å². The Morgan fingerprint density at radius 2 is 2.05 bits per heavy atom. The van der Waals surface area contributed by atoms with Gasteiger partial charge in [-0.25, -0.2) is 4.98 Å². The lowest BCUT2D eigenvalue weighted by Crippen LogP contribution is -2.15. The van der Waals surface area contributed by atoms with E-state index in [0.717, 1.165) is 11.3 Å². The average molecular weight is 267 g/mol. The zero-order chi connectivity index (χ0) is 13.9. The molecule has 0 aliphatic rings. The van der Waals surface area contributed by atoms with Crippen LogP contribution in [-0.2, 0) is 11.2 Å². The predicted octanol–water partition coefficient (Wildman–Crippen LogP) is 1.61. The van der Waals surface area contributed by atoms with Gasteiger partial charge < -0.3 is 0 Å². The summed E-state index contributed by atoms with van der Waals surface area (Å²) in [6.45, 7) is 1.90. The highest BCUT2D eigenvalue weighted by molar-refractivity contribution is 5.90. The molecule has 6 heteroatoms. The summed E-state index contributed by atoms with van der Waals surface area (Å²) in [5, 5.41) is 6.89. The minimum Gasteiger partial charge on any atom is -0.293 e. The van der Waals surface area contributed by atoms with Crippen molar-refractivity contribution in [3.8, 4) is 0 Å². The predicted molar refractivity (Wildman–Crippen MR) is 74.3 cm³/mol. The molecule has 1 N–H and O–H groups in total. The number of nitrogens with one attached hydrogen (secondary N) is 1. The van der Waals surface area contributed by atoms with E-state index in [1.807, 2.05) is 43.3 Å². The van der Waals surface area contributed by atoms with Crippen molar-refractivity contribution in [3.63, 3.8) is 0 Å². The molecule has 2 heterocycles. The molecular formula is C14H13N5O. The van der Waals surface area contributed by atoms with E-state index < -0.39 is 0 Å². The SMILES string of the molecule is Cc1ccnc2nc(NC(=O)Cc3ccccc3)nn12. The molecule has 0 saturated carbocycles. The molecular weight excluding hydrogens is 254 g/mol. The van der Waals surface area contributed by atoms with Crippen LogP contribution in [0, 0.1) is 6.92 Å². The molecule has 1 aromatic carbocycles. The summed E-state index contributed by atoms with van der Waals surface area (Å²) in [6.07, 6.45) is 1.96. The summed E-state index contributed by atoms with van der Waals surface area (Å²) in [6, 6.07) is 11.4. The number of benzene rings is 1. The molecule has 0 atom stereocenters. The molecule has 100 valence electrons. The van der Waals surface area contributed by atoms with Gasteiger partial charge in [0.05, 0.1) is 6.42 Å². The second kappa shape index (κ2) is 5.08. The lowest BCUT2D eigenvalue weighted by Gasteiger charge is -2.00. The molecule has 0 spiro atoms. The van der Waals surface area contributed by atoms with Crippen molar-refractivity contribution in [2.75, 3.05) is 5.32 Å². The average Bonchev–Trinajstić information content (AvgIpc) is 2.83. The van der Waals surface area contributed by atoms with Gasteiger partial charge in [-0.2, -0.15) is 9.50 Å². The number of carbonyl (C=O) groups excluding carboxylic acids is 1. The third kappa shape index (κ3) is 2.49. The van der Waals surface area contributed by atoms with Gasteiger partial charge in [0.25, 0.3) is 11.7 Å². The summed E-state index contributed by atoms with van der Waals surface area (Å²) in [4.78, 5) is 20.2. The molecule has 0 saturated heterocycles. The number of aromatic nitrogens is 4. The van der Waals surface area contributed by atoms with E-state index in [4.69, 9.17) is 0 Å². The number of hydrogen-bond donors (Lipinski definition) is 1. The minimum atomic E-state index is -0.148. The third-order valence-electron chi connectivity index (χ3n) is 2.89. The van der Waals surface area contributed by atoms with Gasteiger partial charge in [-0.1, -0.05) is 30.3 Å². The molecule has 2 aromatic heterocycles. The minimum absolute atomic E-state index is 0.148. The number of anilines is 1. The summed E-state index contributed by atoms with van der Waals surface area (Å²) in [5.74, 6) is 0.595. The number of rotatable bonds is 3. The maximum atomic E-state index is 11.9. The summed E-state index contributed by atoms with van der Waals surface area (Å²) < 4.78 is 1.60. The third-order valence-corrected chi connectivity index (χ3v) is 2.89. The van der Waals surface area contributed by atoms with Gasteiger partial charge in [-0.3, -0.25) is 10.1 Å². The standard InChI is InChI=1S/C14H13N5O/c1-10-7-8-15-14-17-13(18-19(10)14)16-12(20)9-11-5-3-2-4-6-11/h2-8H,9H2,1H3,(H,16,18,20). The number of nitrogens with zero attached hydrogens (tertiary/aromatic N) is 4. The van der Waals surface area contributed by atoms with Crippen LogP contribution in [0.2, 0.25) is 0 Å². The Bertz CT molecular complexity index is 751. The zero-order valence-electron chi connectivity index (χ0n) is 10.9. The fourth-order valence-corrected chi connectivity index (χ4v) is 1.91. The molecule has 0 radical (unpaired) electrons. The lowest BCUT2D eigenvalue weighted by atomic mass is 10.1. The van der Waals surface area contributed by atoms with E-state index in [9.17, 15) is 4.79 Å². The first kappa shape index (κ1) is 12.3. The van der Waals surface area contributed by atoms with Gasteiger partial charge in [0, 0.05) is 11.9 Å². The Labute approximate surface area is 115 Å². The maximum Gasteiger partial charge on any atom is 0.254 e. The van der Waals surface area contributed by atoms with Crippen LogP contribution in [0.25, 0.3) is 5.78 Å².